The molecule has 2 nitrogen and oxygen atoms in total. The minimum Gasteiger partial charge on any atom is -0.486 e. The molecule has 0 saturated heterocycles. The van der Waals surface area contributed by atoms with Crippen molar-refractivity contribution in [3.8, 4) is 17.6 Å². The molecular formula is C18H17FO2. The van der Waals surface area contributed by atoms with Crippen molar-refractivity contribution in [1.82, 2.24) is 0 Å². The molecule has 0 fully saturated rings. The number of rotatable bonds is 4. The maximum absolute atomic E-state index is 13.8. The number of aryl methyl sites for hydroxylation is 1. The number of hydrogen-bond donors (Lipinski definition) is 1. The Morgan fingerprint density at radius 3 is 2.81 bits per heavy atom. The molecule has 0 saturated carbocycles. The summed E-state index contributed by atoms with van der Waals surface area (Å²) in [6.07, 6.45) is 0.454. The number of hydrogen-bond acceptors (Lipinski definition) is 2. The van der Waals surface area contributed by atoms with Crippen LogP contribution in [0.3, 0.4) is 0 Å². The third-order valence-electron chi connectivity index (χ3n) is 2.95. The van der Waals surface area contributed by atoms with Gasteiger partial charge in [0.25, 0.3) is 0 Å². The molecule has 0 amide bonds. The average molecular weight is 284 g/mol. The minimum absolute atomic E-state index is 0.0580. The Bertz CT molecular complexity index is 668. The molecule has 1 N–H and O–H groups in total. The van der Waals surface area contributed by atoms with Gasteiger partial charge in [0.05, 0.1) is 6.61 Å². The van der Waals surface area contributed by atoms with E-state index in [2.05, 4.69) is 11.8 Å². The Kier molecular flexibility index (Phi) is 5.36. The second-order valence-electron chi connectivity index (χ2n) is 4.65. The molecule has 108 valence electrons. The maximum atomic E-state index is 13.8. The zero-order chi connectivity index (χ0) is 15.1. The van der Waals surface area contributed by atoms with Crippen LogP contribution in [0.2, 0.25) is 0 Å². The van der Waals surface area contributed by atoms with Gasteiger partial charge in [0.15, 0.2) is 11.6 Å². The molecule has 2 aromatic carbocycles. The lowest BCUT2D eigenvalue weighted by Gasteiger charge is -2.08. The van der Waals surface area contributed by atoms with E-state index >= 15 is 0 Å². The minimum atomic E-state index is -0.323. The fraction of sp³-hybridized carbons (Fsp3) is 0.222. The summed E-state index contributed by atoms with van der Waals surface area (Å²) in [6.45, 7) is 2.05. The van der Waals surface area contributed by atoms with Crippen LogP contribution < -0.4 is 4.74 Å². The van der Waals surface area contributed by atoms with E-state index in [0.717, 1.165) is 11.1 Å². The van der Waals surface area contributed by atoms with Crippen LogP contribution in [0.5, 0.6) is 5.75 Å². The smallest absolute Gasteiger partial charge is 0.167 e. The first kappa shape index (κ1) is 15.1. The van der Waals surface area contributed by atoms with E-state index in [0.29, 0.717) is 12.0 Å². The van der Waals surface area contributed by atoms with Gasteiger partial charge in [0, 0.05) is 12.0 Å². The fourth-order valence-corrected chi connectivity index (χ4v) is 1.85. The summed E-state index contributed by atoms with van der Waals surface area (Å²) in [6, 6.07) is 12.7. The molecule has 0 aliphatic rings. The highest BCUT2D eigenvalue weighted by atomic mass is 19.1. The largest absolute Gasteiger partial charge is 0.486 e. The van der Waals surface area contributed by atoms with E-state index in [1.54, 1.807) is 25.1 Å². The SMILES string of the molecule is Cc1cccc(OCc2cccc(C#CCCO)c2)c1F. The third-order valence-corrected chi connectivity index (χ3v) is 2.95. The molecule has 3 heteroatoms. The Labute approximate surface area is 124 Å². The van der Waals surface area contributed by atoms with Crippen molar-refractivity contribution in [3.05, 3.63) is 65.0 Å². The van der Waals surface area contributed by atoms with Crippen molar-refractivity contribution >= 4 is 0 Å². The summed E-state index contributed by atoms with van der Waals surface area (Å²) in [5.74, 6) is 5.77. The molecule has 2 aromatic rings. The predicted octanol–water partition coefficient (Wildman–Crippen LogP) is 3.45. The van der Waals surface area contributed by atoms with Crippen LogP contribution in [0.1, 0.15) is 23.1 Å². The average Bonchev–Trinajstić information content (AvgIpc) is 2.50. The number of aliphatic hydroxyl groups excluding tert-OH is 1. The molecule has 0 heterocycles. The maximum Gasteiger partial charge on any atom is 0.167 e. The topological polar surface area (TPSA) is 29.5 Å². The van der Waals surface area contributed by atoms with Crippen molar-refractivity contribution < 1.29 is 14.2 Å². The highest BCUT2D eigenvalue weighted by molar-refractivity contribution is 5.37. The van der Waals surface area contributed by atoms with Crippen molar-refractivity contribution in [2.24, 2.45) is 0 Å². The molecule has 2 rings (SSSR count). The monoisotopic (exact) mass is 284 g/mol. The lowest BCUT2D eigenvalue weighted by molar-refractivity contribution is 0.289. The molecule has 0 atom stereocenters. The van der Waals surface area contributed by atoms with Gasteiger partial charge < -0.3 is 9.84 Å². The molecule has 0 aliphatic heterocycles. The summed E-state index contributed by atoms with van der Waals surface area (Å²) in [4.78, 5) is 0. The molecular weight excluding hydrogens is 267 g/mol. The summed E-state index contributed by atoms with van der Waals surface area (Å²) >= 11 is 0. The van der Waals surface area contributed by atoms with Gasteiger partial charge in [0.2, 0.25) is 0 Å². The van der Waals surface area contributed by atoms with Crippen molar-refractivity contribution in [2.75, 3.05) is 6.61 Å². The Hall–Kier alpha value is -2.31. The Balaban J connectivity index is 2.05. The number of halogens is 1. The standard InChI is InChI=1S/C18H17FO2/c1-14-6-4-10-17(18(14)19)21-13-16-9-5-8-15(12-16)7-2-3-11-20/h4-6,8-10,12,20H,3,11,13H2,1H3. The van der Waals surface area contributed by atoms with Crippen LogP contribution in [0.15, 0.2) is 42.5 Å². The van der Waals surface area contributed by atoms with Gasteiger partial charge in [-0.15, -0.1) is 0 Å². The predicted molar refractivity (Wildman–Crippen MR) is 80.5 cm³/mol. The highest BCUT2D eigenvalue weighted by Crippen LogP contribution is 2.20. The van der Waals surface area contributed by atoms with E-state index in [1.807, 2.05) is 24.3 Å². The van der Waals surface area contributed by atoms with Crippen molar-refractivity contribution in [2.45, 2.75) is 20.0 Å². The highest BCUT2D eigenvalue weighted by Gasteiger charge is 2.05. The van der Waals surface area contributed by atoms with Crippen LogP contribution in [-0.2, 0) is 6.61 Å². The molecule has 0 unspecified atom stereocenters. The number of aliphatic hydroxyl groups is 1. The van der Waals surface area contributed by atoms with Gasteiger partial charge in [-0.25, -0.2) is 4.39 Å². The van der Waals surface area contributed by atoms with Crippen molar-refractivity contribution in [3.63, 3.8) is 0 Å². The second kappa shape index (κ2) is 7.47. The Morgan fingerprint density at radius 1 is 1.19 bits per heavy atom. The first-order valence-corrected chi connectivity index (χ1v) is 6.77. The van der Waals surface area contributed by atoms with Crippen LogP contribution in [-0.4, -0.2) is 11.7 Å². The first-order chi connectivity index (χ1) is 10.2. The Morgan fingerprint density at radius 2 is 2.00 bits per heavy atom. The van der Waals surface area contributed by atoms with Gasteiger partial charge in [-0.05, 0) is 36.2 Å². The molecule has 21 heavy (non-hydrogen) atoms. The second-order valence-corrected chi connectivity index (χ2v) is 4.65. The van der Waals surface area contributed by atoms with Gasteiger partial charge in [-0.2, -0.15) is 0 Å². The summed E-state index contributed by atoms with van der Waals surface area (Å²) < 4.78 is 19.3. The zero-order valence-corrected chi connectivity index (χ0v) is 11.9. The van der Waals surface area contributed by atoms with Gasteiger partial charge in [-0.1, -0.05) is 36.1 Å². The molecule has 0 radical (unpaired) electrons. The molecule has 0 bridgehead atoms. The summed E-state index contributed by atoms with van der Waals surface area (Å²) in [5.41, 5.74) is 2.34. The normalized spacial score (nSPS) is 9.86. The lowest BCUT2D eigenvalue weighted by atomic mass is 10.1. The molecule has 0 aromatic heterocycles. The van der Waals surface area contributed by atoms with Crippen LogP contribution >= 0.6 is 0 Å². The van der Waals surface area contributed by atoms with E-state index in [4.69, 9.17) is 9.84 Å². The summed E-state index contributed by atoms with van der Waals surface area (Å²) in [7, 11) is 0. The van der Waals surface area contributed by atoms with E-state index in [-0.39, 0.29) is 24.8 Å². The third kappa shape index (κ3) is 4.34. The number of ether oxygens (including phenoxy) is 1. The van der Waals surface area contributed by atoms with E-state index in [1.165, 1.54) is 0 Å². The lowest BCUT2D eigenvalue weighted by Crippen LogP contribution is -1.98. The van der Waals surface area contributed by atoms with Crippen LogP contribution in [0, 0.1) is 24.6 Å². The van der Waals surface area contributed by atoms with E-state index in [9.17, 15) is 4.39 Å². The quantitative estimate of drug-likeness (QED) is 0.871. The van der Waals surface area contributed by atoms with E-state index < -0.39 is 0 Å². The molecule has 0 aliphatic carbocycles. The van der Waals surface area contributed by atoms with Gasteiger partial charge in [-0.3, -0.25) is 0 Å². The summed E-state index contributed by atoms with van der Waals surface area (Å²) in [5, 5.41) is 8.70. The molecule has 0 spiro atoms. The van der Waals surface area contributed by atoms with Crippen LogP contribution in [0.25, 0.3) is 0 Å². The fourth-order valence-electron chi connectivity index (χ4n) is 1.85. The van der Waals surface area contributed by atoms with Crippen molar-refractivity contribution in [1.29, 1.82) is 0 Å². The number of benzene rings is 2. The van der Waals surface area contributed by atoms with Crippen LogP contribution in [0.4, 0.5) is 4.39 Å². The van der Waals surface area contributed by atoms with Gasteiger partial charge >= 0.3 is 0 Å². The van der Waals surface area contributed by atoms with Gasteiger partial charge in [0.1, 0.15) is 6.61 Å². The first-order valence-electron chi connectivity index (χ1n) is 6.77. The zero-order valence-electron chi connectivity index (χ0n) is 11.9.